The predicted molar refractivity (Wildman–Crippen MR) is 94.0 cm³/mol. The van der Waals surface area contributed by atoms with Crippen LogP contribution in [0.15, 0.2) is 42.5 Å². The van der Waals surface area contributed by atoms with E-state index < -0.39 is 0 Å². The molecule has 0 fully saturated rings. The lowest BCUT2D eigenvalue weighted by Crippen LogP contribution is -2.37. The van der Waals surface area contributed by atoms with Crippen molar-refractivity contribution < 1.29 is 9.59 Å². The molecule has 2 aromatic rings. The Morgan fingerprint density at radius 2 is 1.87 bits per heavy atom. The second-order valence-corrected chi connectivity index (χ2v) is 5.89. The van der Waals surface area contributed by atoms with E-state index in [1.54, 1.807) is 24.3 Å². The minimum Gasteiger partial charge on any atom is -0.324 e. The number of amides is 2. The molecule has 0 aromatic heterocycles. The highest BCUT2D eigenvalue weighted by Gasteiger charge is 2.17. The normalized spacial score (nSPS) is 10.3. The van der Waals surface area contributed by atoms with Crippen molar-refractivity contribution in [3.8, 4) is 0 Å². The highest BCUT2D eigenvalue weighted by atomic mass is 35.5. The Kier molecular flexibility index (Phi) is 5.40. The van der Waals surface area contributed by atoms with Crippen molar-refractivity contribution in [2.75, 3.05) is 16.8 Å². The maximum atomic E-state index is 12.2. The zero-order chi connectivity index (χ0) is 17.0. The second-order valence-electron chi connectivity index (χ2n) is 5.45. The van der Waals surface area contributed by atoms with Crippen LogP contribution in [-0.4, -0.2) is 18.4 Å². The Balaban J connectivity index is 2.16. The van der Waals surface area contributed by atoms with E-state index in [4.69, 9.17) is 11.6 Å². The summed E-state index contributed by atoms with van der Waals surface area (Å²) in [7, 11) is 0. The Bertz CT molecular complexity index is 744. The monoisotopic (exact) mass is 330 g/mol. The largest absolute Gasteiger partial charge is 0.324 e. The molecule has 5 heteroatoms. The Morgan fingerprint density at radius 3 is 2.48 bits per heavy atom. The molecule has 0 aliphatic carbocycles. The number of rotatable bonds is 4. The summed E-state index contributed by atoms with van der Waals surface area (Å²) in [5.41, 5.74) is 3.41. The molecule has 0 unspecified atom stereocenters. The van der Waals surface area contributed by atoms with Crippen LogP contribution in [0.1, 0.15) is 18.1 Å². The molecule has 2 aromatic carbocycles. The fraction of sp³-hybridized carbons (Fsp3) is 0.222. The van der Waals surface area contributed by atoms with Gasteiger partial charge in [0.15, 0.2) is 0 Å². The molecule has 0 radical (unpaired) electrons. The van der Waals surface area contributed by atoms with Gasteiger partial charge in [-0.25, -0.2) is 0 Å². The van der Waals surface area contributed by atoms with Crippen LogP contribution < -0.4 is 10.2 Å². The van der Waals surface area contributed by atoms with Gasteiger partial charge >= 0.3 is 0 Å². The Hall–Kier alpha value is -2.33. The number of benzene rings is 2. The van der Waals surface area contributed by atoms with Crippen LogP contribution in [0.3, 0.4) is 0 Å². The van der Waals surface area contributed by atoms with Crippen LogP contribution >= 0.6 is 11.6 Å². The zero-order valence-electron chi connectivity index (χ0n) is 13.4. The molecule has 0 aliphatic rings. The molecule has 2 rings (SSSR count). The van der Waals surface area contributed by atoms with Gasteiger partial charge in [0, 0.05) is 23.3 Å². The van der Waals surface area contributed by atoms with Crippen molar-refractivity contribution >= 4 is 34.8 Å². The Morgan fingerprint density at radius 1 is 1.13 bits per heavy atom. The summed E-state index contributed by atoms with van der Waals surface area (Å²) in [6, 6.07) is 12.7. The fourth-order valence-electron chi connectivity index (χ4n) is 2.38. The molecule has 0 saturated carbocycles. The summed E-state index contributed by atoms with van der Waals surface area (Å²) < 4.78 is 0. The lowest BCUT2D eigenvalue weighted by Gasteiger charge is -2.23. The minimum atomic E-state index is -0.276. The van der Waals surface area contributed by atoms with Gasteiger partial charge in [0.25, 0.3) is 0 Å². The number of anilines is 2. The second kappa shape index (κ2) is 7.29. The first-order valence-electron chi connectivity index (χ1n) is 7.27. The molecule has 0 spiro atoms. The van der Waals surface area contributed by atoms with Gasteiger partial charge in [0.2, 0.25) is 11.8 Å². The molecule has 0 aliphatic heterocycles. The minimum absolute atomic E-state index is 0.0499. The van der Waals surface area contributed by atoms with Crippen molar-refractivity contribution in [3.63, 3.8) is 0 Å². The first kappa shape index (κ1) is 17.0. The zero-order valence-corrected chi connectivity index (χ0v) is 14.1. The van der Waals surface area contributed by atoms with E-state index in [9.17, 15) is 9.59 Å². The number of nitrogens with zero attached hydrogens (tertiary/aromatic N) is 1. The van der Waals surface area contributed by atoms with Gasteiger partial charge < -0.3 is 10.2 Å². The third-order valence-corrected chi connectivity index (χ3v) is 3.67. The van der Waals surface area contributed by atoms with E-state index in [1.165, 1.54) is 11.8 Å². The van der Waals surface area contributed by atoms with Gasteiger partial charge in [-0.3, -0.25) is 9.59 Å². The molecular formula is C18H19ClN2O2. The summed E-state index contributed by atoms with van der Waals surface area (Å²) in [6.45, 7) is 5.31. The molecule has 2 amide bonds. The molecule has 120 valence electrons. The summed E-state index contributed by atoms with van der Waals surface area (Å²) >= 11 is 5.90. The molecule has 23 heavy (non-hydrogen) atoms. The summed E-state index contributed by atoms with van der Waals surface area (Å²) in [5.74, 6) is -0.458. The van der Waals surface area contributed by atoms with Crippen LogP contribution in [-0.2, 0) is 9.59 Å². The van der Waals surface area contributed by atoms with Gasteiger partial charge in [-0.1, -0.05) is 35.4 Å². The van der Waals surface area contributed by atoms with Gasteiger partial charge in [-0.2, -0.15) is 0 Å². The number of hydrogen-bond acceptors (Lipinski definition) is 2. The number of nitrogens with one attached hydrogen (secondary N) is 1. The van der Waals surface area contributed by atoms with Crippen LogP contribution in [0.4, 0.5) is 11.4 Å². The molecular weight excluding hydrogens is 312 g/mol. The Labute approximate surface area is 141 Å². The van der Waals surface area contributed by atoms with E-state index in [1.807, 2.05) is 32.0 Å². The standard InChI is InChI=1S/C18H19ClN2O2/c1-12-7-8-17(13(2)9-12)21(14(3)22)11-18(23)20-16-6-4-5-15(19)10-16/h4-10H,11H2,1-3H3,(H,20,23). The molecule has 0 heterocycles. The highest BCUT2D eigenvalue weighted by molar-refractivity contribution is 6.30. The van der Waals surface area contributed by atoms with E-state index in [2.05, 4.69) is 5.32 Å². The number of carbonyl (C=O) groups excluding carboxylic acids is 2. The predicted octanol–water partition coefficient (Wildman–Crippen LogP) is 3.95. The van der Waals surface area contributed by atoms with Gasteiger partial charge in [0.1, 0.15) is 6.54 Å². The molecule has 0 saturated heterocycles. The summed E-state index contributed by atoms with van der Waals surface area (Å²) in [5, 5.41) is 3.29. The van der Waals surface area contributed by atoms with Crippen molar-refractivity contribution in [1.29, 1.82) is 0 Å². The van der Waals surface area contributed by atoms with E-state index in [0.717, 1.165) is 16.8 Å². The average molecular weight is 331 g/mol. The van der Waals surface area contributed by atoms with Gasteiger partial charge in [0.05, 0.1) is 0 Å². The number of halogens is 1. The van der Waals surface area contributed by atoms with E-state index in [0.29, 0.717) is 10.7 Å². The van der Waals surface area contributed by atoms with Gasteiger partial charge in [-0.15, -0.1) is 0 Å². The fourth-order valence-corrected chi connectivity index (χ4v) is 2.58. The first-order valence-corrected chi connectivity index (χ1v) is 7.65. The smallest absolute Gasteiger partial charge is 0.244 e. The molecule has 0 bridgehead atoms. The van der Waals surface area contributed by atoms with Crippen LogP contribution in [0.25, 0.3) is 0 Å². The van der Waals surface area contributed by atoms with E-state index >= 15 is 0 Å². The van der Waals surface area contributed by atoms with Gasteiger partial charge in [-0.05, 0) is 43.7 Å². The molecule has 0 atom stereocenters. The first-order chi connectivity index (χ1) is 10.9. The maximum absolute atomic E-state index is 12.2. The third kappa shape index (κ3) is 4.57. The molecule has 4 nitrogen and oxygen atoms in total. The summed E-state index contributed by atoms with van der Waals surface area (Å²) in [4.78, 5) is 25.7. The summed E-state index contributed by atoms with van der Waals surface area (Å²) in [6.07, 6.45) is 0. The topological polar surface area (TPSA) is 49.4 Å². The number of aryl methyl sites for hydroxylation is 2. The van der Waals surface area contributed by atoms with Crippen molar-refractivity contribution in [2.24, 2.45) is 0 Å². The van der Waals surface area contributed by atoms with Crippen molar-refractivity contribution in [2.45, 2.75) is 20.8 Å². The lowest BCUT2D eigenvalue weighted by atomic mass is 10.1. The molecule has 1 N–H and O–H groups in total. The van der Waals surface area contributed by atoms with E-state index in [-0.39, 0.29) is 18.4 Å². The highest BCUT2D eigenvalue weighted by Crippen LogP contribution is 2.22. The third-order valence-electron chi connectivity index (χ3n) is 3.43. The van der Waals surface area contributed by atoms with Crippen LogP contribution in [0, 0.1) is 13.8 Å². The average Bonchev–Trinajstić information content (AvgIpc) is 2.45. The SMILES string of the molecule is CC(=O)N(CC(=O)Nc1cccc(Cl)c1)c1ccc(C)cc1C. The quantitative estimate of drug-likeness (QED) is 0.922. The van der Waals surface area contributed by atoms with Crippen molar-refractivity contribution in [1.82, 2.24) is 0 Å². The van der Waals surface area contributed by atoms with Crippen LogP contribution in [0.2, 0.25) is 5.02 Å². The van der Waals surface area contributed by atoms with Crippen molar-refractivity contribution in [3.05, 3.63) is 58.6 Å². The van der Waals surface area contributed by atoms with Crippen LogP contribution in [0.5, 0.6) is 0 Å². The number of hydrogen-bond donors (Lipinski definition) is 1. The lowest BCUT2D eigenvalue weighted by molar-refractivity contribution is -0.120. The maximum Gasteiger partial charge on any atom is 0.244 e. The number of carbonyl (C=O) groups is 2.